The molecule has 1 heterocycles. The average molecular weight is 295 g/mol. The van der Waals surface area contributed by atoms with E-state index in [1.807, 2.05) is 0 Å². The SMILES string of the molecule is COC[C@@H](O)COc1ccccc1C(=O)N1CCOCC1. The Morgan fingerprint density at radius 1 is 1.33 bits per heavy atom. The summed E-state index contributed by atoms with van der Waals surface area (Å²) in [6.07, 6.45) is -0.721. The summed E-state index contributed by atoms with van der Waals surface area (Å²) in [5, 5.41) is 9.63. The molecule has 1 aliphatic heterocycles. The van der Waals surface area contributed by atoms with Crippen LogP contribution in [-0.2, 0) is 9.47 Å². The molecule has 0 aliphatic carbocycles. The first-order valence-corrected chi connectivity index (χ1v) is 6.98. The Labute approximate surface area is 124 Å². The van der Waals surface area contributed by atoms with Gasteiger partial charge < -0.3 is 24.2 Å². The van der Waals surface area contributed by atoms with Crippen LogP contribution in [-0.4, -0.2) is 68.6 Å². The second kappa shape index (κ2) is 7.97. The van der Waals surface area contributed by atoms with Gasteiger partial charge in [0.1, 0.15) is 18.5 Å². The molecule has 1 fully saturated rings. The molecule has 0 aromatic heterocycles. The Balaban J connectivity index is 2.03. The van der Waals surface area contributed by atoms with Gasteiger partial charge in [-0.15, -0.1) is 0 Å². The number of aliphatic hydroxyl groups is 1. The highest BCUT2D eigenvalue weighted by atomic mass is 16.5. The molecule has 6 nitrogen and oxygen atoms in total. The Hall–Kier alpha value is -1.63. The van der Waals surface area contributed by atoms with Crippen molar-refractivity contribution < 1.29 is 24.1 Å². The number of para-hydroxylation sites is 1. The Bertz CT molecular complexity index is 459. The van der Waals surface area contributed by atoms with Gasteiger partial charge in [-0.1, -0.05) is 12.1 Å². The first kappa shape index (κ1) is 15.8. The predicted octanol–water partition coefficient (Wildman–Crippen LogP) is 0.545. The third-order valence-corrected chi connectivity index (χ3v) is 3.21. The number of amides is 1. The van der Waals surface area contributed by atoms with Crippen molar-refractivity contribution in [2.24, 2.45) is 0 Å². The molecule has 1 aliphatic rings. The monoisotopic (exact) mass is 295 g/mol. The lowest BCUT2D eigenvalue weighted by Gasteiger charge is -2.27. The Morgan fingerprint density at radius 2 is 2.05 bits per heavy atom. The molecule has 2 rings (SSSR count). The van der Waals surface area contributed by atoms with Crippen molar-refractivity contribution in [1.82, 2.24) is 4.90 Å². The minimum absolute atomic E-state index is 0.0740. The Kier molecular flexibility index (Phi) is 5.98. The number of carbonyl (C=O) groups is 1. The number of nitrogens with zero attached hydrogens (tertiary/aromatic N) is 1. The fraction of sp³-hybridized carbons (Fsp3) is 0.533. The number of carbonyl (C=O) groups excluding carboxylic acids is 1. The molecule has 21 heavy (non-hydrogen) atoms. The molecule has 1 aromatic carbocycles. The number of methoxy groups -OCH3 is 1. The molecule has 0 radical (unpaired) electrons. The van der Waals surface area contributed by atoms with E-state index < -0.39 is 6.10 Å². The topological polar surface area (TPSA) is 68.2 Å². The maximum absolute atomic E-state index is 12.5. The second-order valence-corrected chi connectivity index (χ2v) is 4.82. The molecule has 6 heteroatoms. The molecular weight excluding hydrogens is 274 g/mol. The van der Waals surface area contributed by atoms with Crippen molar-refractivity contribution in [3.8, 4) is 5.75 Å². The van der Waals surface area contributed by atoms with E-state index in [0.29, 0.717) is 37.6 Å². The maximum Gasteiger partial charge on any atom is 0.257 e. The molecule has 0 unspecified atom stereocenters. The second-order valence-electron chi connectivity index (χ2n) is 4.82. The van der Waals surface area contributed by atoms with Gasteiger partial charge in [0.15, 0.2) is 0 Å². The van der Waals surface area contributed by atoms with Crippen molar-refractivity contribution in [3.63, 3.8) is 0 Å². The summed E-state index contributed by atoms with van der Waals surface area (Å²) in [7, 11) is 1.51. The lowest BCUT2D eigenvalue weighted by molar-refractivity contribution is 0.0273. The molecular formula is C15H21NO5. The van der Waals surface area contributed by atoms with Gasteiger partial charge in [-0.3, -0.25) is 4.79 Å². The number of hydrogen-bond donors (Lipinski definition) is 1. The van der Waals surface area contributed by atoms with Gasteiger partial charge in [-0.2, -0.15) is 0 Å². The van der Waals surface area contributed by atoms with E-state index in [0.717, 1.165) is 0 Å². The minimum atomic E-state index is -0.721. The van der Waals surface area contributed by atoms with Crippen LogP contribution < -0.4 is 4.74 Å². The van der Waals surface area contributed by atoms with Crippen molar-refractivity contribution in [2.45, 2.75) is 6.10 Å². The van der Waals surface area contributed by atoms with Gasteiger partial charge in [0.05, 0.1) is 25.4 Å². The van der Waals surface area contributed by atoms with Crippen LogP contribution >= 0.6 is 0 Å². The molecule has 1 atom stereocenters. The van der Waals surface area contributed by atoms with Gasteiger partial charge >= 0.3 is 0 Å². The van der Waals surface area contributed by atoms with Crippen LogP contribution in [0.2, 0.25) is 0 Å². The summed E-state index contributed by atoms with van der Waals surface area (Å²) in [4.78, 5) is 14.2. The number of hydrogen-bond acceptors (Lipinski definition) is 5. The summed E-state index contributed by atoms with van der Waals surface area (Å²) in [5.41, 5.74) is 0.504. The lowest BCUT2D eigenvalue weighted by Crippen LogP contribution is -2.40. The van der Waals surface area contributed by atoms with Crippen molar-refractivity contribution in [1.29, 1.82) is 0 Å². The molecule has 116 valence electrons. The van der Waals surface area contributed by atoms with Crippen molar-refractivity contribution >= 4 is 5.91 Å². The normalized spacial score (nSPS) is 16.6. The summed E-state index contributed by atoms with van der Waals surface area (Å²) in [6, 6.07) is 7.06. The third kappa shape index (κ3) is 4.42. The van der Waals surface area contributed by atoms with E-state index in [2.05, 4.69) is 0 Å². The standard InChI is InChI=1S/C15H21NO5/c1-19-10-12(17)11-21-14-5-3-2-4-13(14)15(18)16-6-8-20-9-7-16/h2-5,12,17H,6-11H2,1H3/t12-/m1/s1. The maximum atomic E-state index is 12.5. The average Bonchev–Trinajstić information content (AvgIpc) is 2.54. The highest BCUT2D eigenvalue weighted by Crippen LogP contribution is 2.20. The fourth-order valence-corrected chi connectivity index (χ4v) is 2.13. The van der Waals surface area contributed by atoms with Gasteiger partial charge in [0.25, 0.3) is 5.91 Å². The van der Waals surface area contributed by atoms with Crippen molar-refractivity contribution in [3.05, 3.63) is 29.8 Å². The van der Waals surface area contributed by atoms with Gasteiger partial charge in [0.2, 0.25) is 0 Å². The van der Waals surface area contributed by atoms with Crippen molar-refractivity contribution in [2.75, 3.05) is 46.6 Å². The number of rotatable bonds is 6. The van der Waals surface area contributed by atoms with E-state index in [1.165, 1.54) is 7.11 Å². The van der Waals surface area contributed by atoms with E-state index in [1.54, 1.807) is 29.2 Å². The third-order valence-electron chi connectivity index (χ3n) is 3.21. The zero-order chi connectivity index (χ0) is 15.1. The number of aliphatic hydroxyl groups excluding tert-OH is 1. The summed E-state index contributed by atoms with van der Waals surface area (Å²) >= 11 is 0. The van der Waals surface area contributed by atoms with E-state index in [9.17, 15) is 9.90 Å². The summed E-state index contributed by atoms with van der Waals surface area (Å²) < 4.78 is 15.7. The molecule has 0 bridgehead atoms. The van der Waals surface area contributed by atoms with Crippen LogP contribution in [0.3, 0.4) is 0 Å². The van der Waals surface area contributed by atoms with Gasteiger partial charge in [-0.05, 0) is 12.1 Å². The number of ether oxygens (including phenoxy) is 3. The lowest BCUT2D eigenvalue weighted by atomic mass is 10.1. The van der Waals surface area contributed by atoms with Crippen LogP contribution in [0.25, 0.3) is 0 Å². The molecule has 1 saturated heterocycles. The molecule has 0 spiro atoms. The molecule has 0 saturated carbocycles. The number of morpholine rings is 1. The summed E-state index contributed by atoms with van der Waals surface area (Å²) in [6.45, 7) is 2.56. The van der Waals surface area contributed by atoms with Gasteiger partial charge in [-0.25, -0.2) is 0 Å². The fourth-order valence-electron chi connectivity index (χ4n) is 2.13. The van der Waals surface area contributed by atoms with Crippen LogP contribution in [0.15, 0.2) is 24.3 Å². The molecule has 1 aromatic rings. The van der Waals surface area contributed by atoms with Crippen LogP contribution in [0, 0.1) is 0 Å². The van der Waals surface area contributed by atoms with E-state index >= 15 is 0 Å². The first-order valence-electron chi connectivity index (χ1n) is 6.98. The molecule has 1 N–H and O–H groups in total. The van der Waals surface area contributed by atoms with Crippen LogP contribution in [0.4, 0.5) is 0 Å². The quantitative estimate of drug-likeness (QED) is 0.830. The largest absolute Gasteiger partial charge is 0.490 e. The Morgan fingerprint density at radius 3 is 2.76 bits per heavy atom. The number of benzene rings is 1. The molecule has 1 amide bonds. The van der Waals surface area contributed by atoms with Crippen LogP contribution in [0.1, 0.15) is 10.4 Å². The zero-order valence-electron chi connectivity index (χ0n) is 12.2. The van der Waals surface area contributed by atoms with E-state index in [4.69, 9.17) is 14.2 Å². The highest BCUT2D eigenvalue weighted by molar-refractivity contribution is 5.97. The smallest absolute Gasteiger partial charge is 0.257 e. The minimum Gasteiger partial charge on any atom is -0.490 e. The van der Waals surface area contributed by atoms with E-state index in [-0.39, 0.29) is 19.1 Å². The first-order chi connectivity index (χ1) is 10.2. The van der Waals surface area contributed by atoms with Crippen LogP contribution in [0.5, 0.6) is 5.75 Å². The van der Waals surface area contributed by atoms with Gasteiger partial charge in [0, 0.05) is 20.2 Å². The highest BCUT2D eigenvalue weighted by Gasteiger charge is 2.21. The predicted molar refractivity (Wildman–Crippen MR) is 76.5 cm³/mol. The summed E-state index contributed by atoms with van der Waals surface area (Å²) in [5.74, 6) is 0.402. The zero-order valence-corrected chi connectivity index (χ0v) is 12.2.